The average molecular weight is 404 g/mol. The van der Waals surface area contributed by atoms with Crippen LogP contribution in [0.1, 0.15) is 11.5 Å². The summed E-state index contributed by atoms with van der Waals surface area (Å²) in [4.78, 5) is 24.4. The van der Waals surface area contributed by atoms with E-state index in [9.17, 15) is 18.4 Å². The van der Waals surface area contributed by atoms with E-state index >= 15 is 0 Å². The van der Waals surface area contributed by atoms with E-state index in [1.165, 1.54) is 34.1 Å². The van der Waals surface area contributed by atoms with Gasteiger partial charge < -0.3 is 26.0 Å². The van der Waals surface area contributed by atoms with Crippen LogP contribution < -0.4 is 16.2 Å². The third-order valence-electron chi connectivity index (χ3n) is 4.77. The fraction of sp³-hybridized carbons (Fsp3) is 0.300. The standard InChI is InChI=1S/C10H11FN2O2.C10H11FN2O/c11-7-2-1-3-8(4-7)15-9-5-13(6-9)10(12)14;11-9-3-1-2-7(4-9)8-5-13(6-8)10(12)14/h1-4,9H,5-6H2,(H2,12,14);1-4,8H,5-6H2,(H2,12,14). The van der Waals surface area contributed by atoms with Gasteiger partial charge in [0.15, 0.2) is 0 Å². The van der Waals surface area contributed by atoms with Crippen LogP contribution in [0.5, 0.6) is 5.75 Å². The summed E-state index contributed by atoms with van der Waals surface area (Å²) in [6, 6.07) is 11.5. The lowest BCUT2D eigenvalue weighted by Crippen LogP contribution is -2.57. The maximum Gasteiger partial charge on any atom is 0.315 e. The van der Waals surface area contributed by atoms with Gasteiger partial charge in [-0.1, -0.05) is 18.2 Å². The van der Waals surface area contributed by atoms with Crippen molar-refractivity contribution in [3.05, 3.63) is 65.7 Å². The molecular formula is C20H22F2N4O3. The molecule has 154 valence electrons. The van der Waals surface area contributed by atoms with Crippen molar-refractivity contribution >= 4 is 12.1 Å². The van der Waals surface area contributed by atoms with Crippen LogP contribution in [0.2, 0.25) is 0 Å². The second-order valence-corrected chi connectivity index (χ2v) is 6.94. The number of hydrogen-bond donors (Lipinski definition) is 2. The number of halogens is 2. The Labute approximate surface area is 166 Å². The molecule has 0 aromatic heterocycles. The number of hydrogen-bond acceptors (Lipinski definition) is 3. The van der Waals surface area contributed by atoms with Crippen LogP contribution in [0.3, 0.4) is 0 Å². The first kappa shape index (κ1) is 20.4. The van der Waals surface area contributed by atoms with Gasteiger partial charge in [-0.25, -0.2) is 18.4 Å². The molecule has 29 heavy (non-hydrogen) atoms. The number of rotatable bonds is 3. The predicted molar refractivity (Wildman–Crippen MR) is 102 cm³/mol. The van der Waals surface area contributed by atoms with Crippen LogP contribution >= 0.6 is 0 Å². The predicted octanol–water partition coefficient (Wildman–Crippen LogP) is 2.27. The minimum atomic E-state index is -0.450. The third kappa shape index (κ3) is 5.34. The molecule has 0 radical (unpaired) electrons. The van der Waals surface area contributed by atoms with Gasteiger partial charge in [0, 0.05) is 25.1 Å². The molecule has 7 nitrogen and oxygen atoms in total. The molecule has 0 bridgehead atoms. The molecule has 9 heteroatoms. The summed E-state index contributed by atoms with van der Waals surface area (Å²) in [6.45, 7) is 2.12. The van der Waals surface area contributed by atoms with Crippen molar-refractivity contribution in [3.63, 3.8) is 0 Å². The molecule has 2 aliphatic heterocycles. The molecule has 2 aromatic carbocycles. The topological polar surface area (TPSA) is 102 Å². The van der Waals surface area contributed by atoms with Crippen LogP contribution in [0, 0.1) is 11.6 Å². The molecule has 2 fully saturated rings. The number of likely N-dealkylation sites (tertiary alicyclic amines) is 2. The molecule has 2 aliphatic rings. The SMILES string of the molecule is NC(=O)N1CC(Oc2cccc(F)c2)C1.NC(=O)N1CC(c2cccc(F)c2)C1. The maximum atomic E-state index is 12.8. The van der Waals surface area contributed by atoms with Crippen molar-refractivity contribution < 1.29 is 23.1 Å². The number of carbonyl (C=O) groups is 2. The highest BCUT2D eigenvalue weighted by Crippen LogP contribution is 2.26. The Morgan fingerprint density at radius 1 is 0.862 bits per heavy atom. The summed E-state index contributed by atoms with van der Waals surface area (Å²) in [6.07, 6.45) is -0.0840. The second-order valence-electron chi connectivity index (χ2n) is 6.94. The van der Waals surface area contributed by atoms with E-state index in [2.05, 4.69) is 0 Å². The second kappa shape index (κ2) is 8.76. The fourth-order valence-corrected chi connectivity index (χ4v) is 3.06. The highest BCUT2D eigenvalue weighted by atomic mass is 19.1. The van der Waals surface area contributed by atoms with Crippen molar-refractivity contribution in [1.29, 1.82) is 0 Å². The summed E-state index contributed by atoms with van der Waals surface area (Å²) in [5, 5.41) is 0. The van der Waals surface area contributed by atoms with Gasteiger partial charge in [0.1, 0.15) is 23.5 Å². The number of amides is 4. The van der Waals surface area contributed by atoms with Gasteiger partial charge in [-0.2, -0.15) is 0 Å². The summed E-state index contributed by atoms with van der Waals surface area (Å²) < 4.78 is 31.0. The first-order valence-corrected chi connectivity index (χ1v) is 9.08. The van der Waals surface area contributed by atoms with E-state index in [4.69, 9.17) is 16.2 Å². The zero-order valence-corrected chi connectivity index (χ0v) is 15.6. The average Bonchev–Trinajstić information content (AvgIpc) is 2.56. The van der Waals surface area contributed by atoms with Gasteiger partial charge in [-0.3, -0.25) is 0 Å². The smallest absolute Gasteiger partial charge is 0.315 e. The quantitative estimate of drug-likeness (QED) is 0.820. The zero-order valence-electron chi connectivity index (χ0n) is 15.6. The first-order chi connectivity index (χ1) is 13.8. The molecule has 4 rings (SSSR count). The van der Waals surface area contributed by atoms with E-state index in [0.717, 1.165) is 5.56 Å². The third-order valence-corrected chi connectivity index (χ3v) is 4.77. The molecule has 4 N–H and O–H groups in total. The summed E-state index contributed by atoms with van der Waals surface area (Å²) in [7, 11) is 0. The molecule has 0 aliphatic carbocycles. The molecule has 4 amide bonds. The Kier molecular flexibility index (Phi) is 6.16. The van der Waals surface area contributed by atoms with E-state index < -0.39 is 12.1 Å². The summed E-state index contributed by atoms with van der Waals surface area (Å²) in [5.41, 5.74) is 11.1. The molecule has 2 heterocycles. The summed E-state index contributed by atoms with van der Waals surface area (Å²) in [5.74, 6) is 0.140. The van der Waals surface area contributed by atoms with Crippen LogP contribution in [-0.2, 0) is 0 Å². The lowest BCUT2D eigenvalue weighted by atomic mass is 9.92. The van der Waals surface area contributed by atoms with Gasteiger partial charge in [-0.15, -0.1) is 0 Å². The van der Waals surface area contributed by atoms with E-state index in [0.29, 0.717) is 31.9 Å². The van der Waals surface area contributed by atoms with Crippen molar-refractivity contribution in [2.24, 2.45) is 11.5 Å². The van der Waals surface area contributed by atoms with Gasteiger partial charge in [0.05, 0.1) is 13.1 Å². The molecule has 0 saturated carbocycles. The Bertz CT molecular complexity index is 884. The molecule has 2 aromatic rings. The Balaban J connectivity index is 0.000000166. The normalized spacial score (nSPS) is 16.2. The Morgan fingerprint density at radius 3 is 1.97 bits per heavy atom. The first-order valence-electron chi connectivity index (χ1n) is 9.08. The fourth-order valence-electron chi connectivity index (χ4n) is 3.06. The van der Waals surface area contributed by atoms with Gasteiger partial charge in [-0.05, 0) is 29.8 Å². The number of benzene rings is 2. The summed E-state index contributed by atoms with van der Waals surface area (Å²) >= 11 is 0. The molecule has 0 unspecified atom stereocenters. The van der Waals surface area contributed by atoms with Gasteiger partial charge >= 0.3 is 12.1 Å². The molecular weight excluding hydrogens is 382 g/mol. The number of ether oxygens (including phenoxy) is 1. The number of urea groups is 2. The van der Waals surface area contributed by atoms with E-state index in [1.807, 2.05) is 6.07 Å². The lowest BCUT2D eigenvalue weighted by molar-refractivity contribution is 0.0475. The minimum absolute atomic E-state index is 0.0840. The monoisotopic (exact) mass is 404 g/mol. The van der Waals surface area contributed by atoms with Crippen molar-refractivity contribution in [2.75, 3.05) is 26.2 Å². The highest BCUT2D eigenvalue weighted by Gasteiger charge is 2.31. The van der Waals surface area contributed by atoms with Crippen LogP contribution in [0.15, 0.2) is 48.5 Å². The molecule has 2 saturated heterocycles. The van der Waals surface area contributed by atoms with Gasteiger partial charge in [0.2, 0.25) is 0 Å². The van der Waals surface area contributed by atoms with Crippen LogP contribution in [0.4, 0.5) is 18.4 Å². The largest absolute Gasteiger partial charge is 0.487 e. The number of nitrogens with zero attached hydrogens (tertiary/aromatic N) is 2. The van der Waals surface area contributed by atoms with E-state index in [1.54, 1.807) is 18.2 Å². The van der Waals surface area contributed by atoms with Crippen molar-refractivity contribution in [2.45, 2.75) is 12.0 Å². The molecule has 0 atom stereocenters. The van der Waals surface area contributed by atoms with Crippen LogP contribution in [0.25, 0.3) is 0 Å². The van der Waals surface area contributed by atoms with Gasteiger partial charge in [0.25, 0.3) is 0 Å². The molecule has 0 spiro atoms. The zero-order chi connectivity index (χ0) is 21.0. The van der Waals surface area contributed by atoms with Crippen molar-refractivity contribution in [3.8, 4) is 5.75 Å². The number of primary amides is 2. The Hall–Kier alpha value is -3.36. The van der Waals surface area contributed by atoms with Crippen LogP contribution in [-0.4, -0.2) is 54.1 Å². The number of carbonyl (C=O) groups excluding carboxylic acids is 2. The van der Waals surface area contributed by atoms with Crippen molar-refractivity contribution in [1.82, 2.24) is 9.80 Å². The number of nitrogens with two attached hydrogens (primary N) is 2. The van der Waals surface area contributed by atoms with E-state index in [-0.39, 0.29) is 23.7 Å². The Morgan fingerprint density at radius 2 is 1.41 bits per heavy atom. The maximum absolute atomic E-state index is 12.8. The minimum Gasteiger partial charge on any atom is -0.487 e. The highest BCUT2D eigenvalue weighted by molar-refractivity contribution is 5.73. The lowest BCUT2D eigenvalue weighted by Gasteiger charge is -2.38.